The van der Waals surface area contributed by atoms with Gasteiger partial charge < -0.3 is 5.11 Å². The molecule has 6 heteroatoms. The van der Waals surface area contributed by atoms with Crippen LogP contribution in [-0.2, 0) is 21.2 Å². The van der Waals surface area contributed by atoms with Crippen molar-refractivity contribution in [1.82, 2.24) is 0 Å². The van der Waals surface area contributed by atoms with Crippen LogP contribution in [0.4, 0.5) is 5.69 Å². The largest absolute Gasteiger partial charge is 0.480 e. The minimum absolute atomic E-state index is 0.365. The highest BCUT2D eigenvalue weighted by Crippen LogP contribution is 2.21. The maximum atomic E-state index is 11.7. The Morgan fingerprint density at radius 3 is 2.17 bits per heavy atom. The highest BCUT2D eigenvalue weighted by molar-refractivity contribution is 7.92. The maximum absolute atomic E-state index is 11.7. The fourth-order valence-corrected chi connectivity index (χ4v) is 2.85. The first kappa shape index (κ1) is 14.5. The summed E-state index contributed by atoms with van der Waals surface area (Å²) in [5, 5.41) is 8.97. The predicted molar refractivity (Wildman–Crippen MR) is 70.2 cm³/mol. The number of carbonyl (C=O) groups is 1. The fraction of sp³-hybridized carbons (Fsp3) is 0.417. The number of carboxylic acids is 1. The second kappa shape index (κ2) is 5.39. The summed E-state index contributed by atoms with van der Waals surface area (Å²) in [4.78, 5) is 11.0. The zero-order valence-corrected chi connectivity index (χ0v) is 11.4. The summed E-state index contributed by atoms with van der Waals surface area (Å²) in [5.41, 5.74) is 1.43. The average Bonchev–Trinajstić information content (AvgIpc) is 2.28. The fourth-order valence-electron chi connectivity index (χ4n) is 1.68. The number of rotatable bonds is 5. The molecule has 0 fully saturated rings. The molecule has 0 unspecified atom stereocenters. The van der Waals surface area contributed by atoms with Gasteiger partial charge in [0.15, 0.2) is 0 Å². The molecule has 0 saturated heterocycles. The Hall–Kier alpha value is -1.56. The van der Waals surface area contributed by atoms with E-state index in [2.05, 4.69) is 0 Å². The van der Waals surface area contributed by atoms with Gasteiger partial charge in [-0.15, -0.1) is 0 Å². The van der Waals surface area contributed by atoms with Gasteiger partial charge >= 0.3 is 5.97 Å². The van der Waals surface area contributed by atoms with E-state index in [1.165, 1.54) is 6.92 Å². The number of carboxylic acid groups (broad SMARTS) is 1. The van der Waals surface area contributed by atoms with E-state index in [0.29, 0.717) is 5.69 Å². The Bertz CT molecular complexity index is 522. The first-order valence-electron chi connectivity index (χ1n) is 5.58. The van der Waals surface area contributed by atoms with Gasteiger partial charge in [-0.25, -0.2) is 13.2 Å². The molecule has 0 spiro atoms. The second-order valence-electron chi connectivity index (χ2n) is 4.09. The maximum Gasteiger partial charge on any atom is 0.327 e. The molecule has 0 bridgehead atoms. The first-order valence-corrected chi connectivity index (χ1v) is 7.43. The number of aryl methyl sites for hydroxylation is 1. The van der Waals surface area contributed by atoms with Crippen LogP contribution in [0.2, 0.25) is 0 Å². The van der Waals surface area contributed by atoms with Crippen LogP contribution in [0.1, 0.15) is 19.4 Å². The van der Waals surface area contributed by atoms with Gasteiger partial charge in [-0.1, -0.05) is 19.1 Å². The average molecular weight is 271 g/mol. The van der Waals surface area contributed by atoms with E-state index in [1.54, 1.807) is 24.3 Å². The third-order valence-corrected chi connectivity index (χ3v) is 3.91. The van der Waals surface area contributed by atoms with Gasteiger partial charge in [0.2, 0.25) is 10.0 Å². The summed E-state index contributed by atoms with van der Waals surface area (Å²) < 4.78 is 24.3. The summed E-state index contributed by atoms with van der Waals surface area (Å²) in [7, 11) is -3.63. The van der Waals surface area contributed by atoms with Crippen molar-refractivity contribution < 1.29 is 18.3 Å². The first-order chi connectivity index (χ1) is 8.27. The van der Waals surface area contributed by atoms with Crippen molar-refractivity contribution >= 4 is 21.7 Å². The molecule has 0 radical (unpaired) electrons. The number of hydrogen-bond donors (Lipinski definition) is 1. The number of hydrogen-bond acceptors (Lipinski definition) is 3. The van der Waals surface area contributed by atoms with Crippen molar-refractivity contribution in [3.8, 4) is 0 Å². The summed E-state index contributed by atoms with van der Waals surface area (Å²) in [5.74, 6) is -1.18. The summed E-state index contributed by atoms with van der Waals surface area (Å²) in [6.07, 6.45) is 1.84. The zero-order chi connectivity index (χ0) is 13.9. The van der Waals surface area contributed by atoms with Gasteiger partial charge in [-0.2, -0.15) is 0 Å². The summed E-state index contributed by atoms with van der Waals surface area (Å²) in [6, 6.07) is 5.70. The molecule has 1 atom stereocenters. The molecular formula is C12H17NO4S. The number of aliphatic carboxylic acids is 1. The standard InChI is InChI=1S/C12H17NO4S/c1-4-10-5-7-11(8-6-10)13(18(3,16)17)9(2)12(14)15/h5-9H,4H2,1-3H3,(H,14,15)/t9-/m1/s1. The third-order valence-electron chi connectivity index (χ3n) is 2.67. The van der Waals surface area contributed by atoms with E-state index in [-0.39, 0.29) is 0 Å². The lowest BCUT2D eigenvalue weighted by Gasteiger charge is -2.26. The number of sulfonamides is 1. The molecule has 1 N–H and O–H groups in total. The molecule has 100 valence electrons. The molecule has 0 aliphatic heterocycles. The van der Waals surface area contributed by atoms with E-state index in [4.69, 9.17) is 5.11 Å². The van der Waals surface area contributed by atoms with Crippen LogP contribution < -0.4 is 4.31 Å². The molecule has 0 amide bonds. The van der Waals surface area contributed by atoms with Crippen molar-refractivity contribution in [2.75, 3.05) is 10.6 Å². The molecule has 5 nitrogen and oxygen atoms in total. The highest BCUT2D eigenvalue weighted by atomic mass is 32.2. The molecule has 18 heavy (non-hydrogen) atoms. The Balaban J connectivity index is 3.22. The lowest BCUT2D eigenvalue weighted by Crippen LogP contribution is -2.42. The monoisotopic (exact) mass is 271 g/mol. The molecule has 0 aliphatic carbocycles. The number of anilines is 1. The third kappa shape index (κ3) is 3.22. The second-order valence-corrected chi connectivity index (χ2v) is 5.95. The van der Waals surface area contributed by atoms with E-state index in [0.717, 1.165) is 22.5 Å². The van der Waals surface area contributed by atoms with E-state index in [1.807, 2.05) is 6.92 Å². The quantitative estimate of drug-likeness (QED) is 0.880. The molecule has 0 heterocycles. The van der Waals surface area contributed by atoms with Gasteiger partial charge in [-0.3, -0.25) is 4.31 Å². The Morgan fingerprint density at radius 2 is 1.83 bits per heavy atom. The van der Waals surface area contributed by atoms with Crippen LogP contribution in [0.3, 0.4) is 0 Å². The van der Waals surface area contributed by atoms with Gasteiger partial charge in [0.05, 0.1) is 11.9 Å². The van der Waals surface area contributed by atoms with Crippen molar-refractivity contribution in [3.05, 3.63) is 29.8 Å². The van der Waals surface area contributed by atoms with E-state index in [9.17, 15) is 13.2 Å². The number of nitrogens with zero attached hydrogens (tertiary/aromatic N) is 1. The Labute approximate surface area is 107 Å². The van der Waals surface area contributed by atoms with Gasteiger partial charge in [0.1, 0.15) is 6.04 Å². The molecule has 1 rings (SSSR count). The predicted octanol–water partition coefficient (Wildman–Crippen LogP) is 1.49. The summed E-state index contributed by atoms with van der Waals surface area (Å²) >= 11 is 0. The van der Waals surface area contributed by atoms with Crippen molar-refractivity contribution in [2.24, 2.45) is 0 Å². The van der Waals surface area contributed by atoms with E-state index < -0.39 is 22.0 Å². The van der Waals surface area contributed by atoms with Crippen LogP contribution in [0.15, 0.2) is 24.3 Å². The minimum Gasteiger partial charge on any atom is -0.480 e. The highest BCUT2D eigenvalue weighted by Gasteiger charge is 2.28. The van der Waals surface area contributed by atoms with Gasteiger partial charge in [0, 0.05) is 0 Å². The van der Waals surface area contributed by atoms with Crippen LogP contribution >= 0.6 is 0 Å². The van der Waals surface area contributed by atoms with Crippen molar-refractivity contribution in [1.29, 1.82) is 0 Å². The molecule has 1 aromatic carbocycles. The zero-order valence-electron chi connectivity index (χ0n) is 10.6. The minimum atomic E-state index is -3.63. The van der Waals surface area contributed by atoms with Crippen LogP contribution in [0.25, 0.3) is 0 Å². The topological polar surface area (TPSA) is 74.7 Å². The van der Waals surface area contributed by atoms with E-state index >= 15 is 0 Å². The SMILES string of the molecule is CCc1ccc(N([C@H](C)C(=O)O)S(C)(=O)=O)cc1. The Morgan fingerprint density at radius 1 is 1.33 bits per heavy atom. The lowest BCUT2D eigenvalue weighted by molar-refractivity contribution is -0.137. The molecule has 0 aliphatic rings. The van der Waals surface area contributed by atoms with Crippen LogP contribution in [-0.4, -0.2) is 31.8 Å². The van der Waals surface area contributed by atoms with Crippen molar-refractivity contribution in [2.45, 2.75) is 26.3 Å². The summed E-state index contributed by atoms with van der Waals surface area (Å²) in [6.45, 7) is 3.33. The normalized spacial score (nSPS) is 13.1. The van der Waals surface area contributed by atoms with Crippen LogP contribution in [0.5, 0.6) is 0 Å². The molecule has 0 saturated carbocycles. The molecule has 0 aromatic heterocycles. The van der Waals surface area contributed by atoms with Crippen LogP contribution in [0, 0.1) is 0 Å². The smallest absolute Gasteiger partial charge is 0.327 e. The molecule has 1 aromatic rings. The van der Waals surface area contributed by atoms with Gasteiger partial charge in [-0.05, 0) is 31.0 Å². The lowest BCUT2D eigenvalue weighted by atomic mass is 10.1. The van der Waals surface area contributed by atoms with Gasteiger partial charge in [0.25, 0.3) is 0 Å². The molecular weight excluding hydrogens is 254 g/mol. The number of benzene rings is 1. The van der Waals surface area contributed by atoms with Crippen molar-refractivity contribution in [3.63, 3.8) is 0 Å². The Kier molecular flexibility index (Phi) is 4.34.